The number of fused-ring (bicyclic) bond motifs is 5. The number of nitrogens with one attached hydrogen (secondary N) is 1. The van der Waals surface area contributed by atoms with Crippen LogP contribution in [0.2, 0.25) is 0 Å². The lowest BCUT2D eigenvalue weighted by atomic mass is 9.47. The third-order valence-corrected chi connectivity index (χ3v) is 9.59. The van der Waals surface area contributed by atoms with Crippen LogP contribution in [0.1, 0.15) is 58.8 Å². The first kappa shape index (κ1) is 20.7. The lowest BCUT2D eigenvalue weighted by molar-refractivity contribution is -0.139. The molecule has 1 N–H and O–H groups in total. The minimum atomic E-state index is 0.0560. The Labute approximate surface area is 184 Å². The molecular formula is C25H34N4O2. The molecule has 0 spiro atoms. The van der Waals surface area contributed by atoms with Crippen LogP contribution >= 0.6 is 0 Å². The van der Waals surface area contributed by atoms with Gasteiger partial charge < -0.3 is 10.2 Å². The number of hydrogen-bond donors (Lipinski definition) is 1. The molecule has 1 aliphatic heterocycles. The molecule has 0 radical (unpaired) electrons. The zero-order chi connectivity index (χ0) is 21.8. The first-order chi connectivity index (χ1) is 14.8. The molecular weight excluding hydrogens is 388 g/mol. The van der Waals surface area contributed by atoms with Gasteiger partial charge in [-0.25, -0.2) is 4.98 Å². The number of carbonyl (C=O) groups excluding carboxylic acids is 2. The predicted octanol–water partition coefficient (Wildman–Crippen LogP) is 4.06. The molecule has 2 heterocycles. The molecule has 0 bridgehead atoms. The number of rotatable bonds is 3. The topological polar surface area (TPSA) is 75.2 Å². The van der Waals surface area contributed by atoms with E-state index in [0.29, 0.717) is 42.0 Å². The van der Waals surface area contributed by atoms with Gasteiger partial charge in [0, 0.05) is 37.3 Å². The van der Waals surface area contributed by atoms with Gasteiger partial charge in [0.2, 0.25) is 11.8 Å². The fourth-order valence-electron chi connectivity index (χ4n) is 7.96. The number of amides is 2. The van der Waals surface area contributed by atoms with Crippen LogP contribution in [0.25, 0.3) is 0 Å². The van der Waals surface area contributed by atoms with Crippen LogP contribution in [-0.2, 0) is 9.59 Å². The Bertz CT molecular complexity index is 902. The molecule has 3 fully saturated rings. The Morgan fingerprint density at radius 2 is 2.00 bits per heavy atom. The first-order valence-electron chi connectivity index (χ1n) is 11.8. The van der Waals surface area contributed by atoms with E-state index in [1.807, 2.05) is 11.9 Å². The van der Waals surface area contributed by atoms with Gasteiger partial charge in [0.1, 0.15) is 0 Å². The highest BCUT2D eigenvalue weighted by Crippen LogP contribution is 2.65. The molecule has 0 saturated heterocycles. The highest BCUT2D eigenvalue weighted by molar-refractivity contribution is 5.90. The Kier molecular flexibility index (Phi) is 4.94. The number of carbonyl (C=O) groups is 2. The van der Waals surface area contributed by atoms with Crippen LogP contribution in [-0.4, -0.2) is 39.8 Å². The summed E-state index contributed by atoms with van der Waals surface area (Å²) in [6, 6.07) is 0.325. The maximum absolute atomic E-state index is 12.7. The largest absolute Gasteiger partial charge is 0.338 e. The average molecular weight is 423 g/mol. The molecule has 3 unspecified atom stereocenters. The fraction of sp³-hybridized carbons (Fsp3) is 0.680. The Hall–Kier alpha value is -2.24. The van der Waals surface area contributed by atoms with Gasteiger partial charge in [-0.1, -0.05) is 19.9 Å². The second kappa shape index (κ2) is 7.42. The van der Waals surface area contributed by atoms with E-state index in [2.05, 4.69) is 35.2 Å². The number of likely N-dealkylation sites (N-methyl/N-ethyl adjacent to an activating group) is 1. The smallest absolute Gasteiger partial charge is 0.246 e. The van der Waals surface area contributed by atoms with Gasteiger partial charge in [-0.05, 0) is 73.7 Å². The van der Waals surface area contributed by atoms with Crippen LogP contribution in [0.5, 0.6) is 0 Å². The second-order valence-electron chi connectivity index (χ2n) is 10.8. The van der Waals surface area contributed by atoms with Crippen molar-refractivity contribution >= 4 is 17.6 Å². The van der Waals surface area contributed by atoms with E-state index in [9.17, 15) is 9.59 Å². The maximum Gasteiger partial charge on any atom is 0.246 e. The zero-order valence-electron chi connectivity index (χ0n) is 18.9. The summed E-state index contributed by atoms with van der Waals surface area (Å²) in [4.78, 5) is 35.2. The van der Waals surface area contributed by atoms with Crippen molar-refractivity contribution in [2.75, 3.05) is 12.4 Å². The van der Waals surface area contributed by atoms with Crippen molar-refractivity contribution in [2.24, 2.45) is 34.5 Å². The summed E-state index contributed by atoms with van der Waals surface area (Å²) >= 11 is 0. The normalized spacial score (nSPS) is 41.3. The number of aromatic nitrogens is 2. The van der Waals surface area contributed by atoms with Crippen molar-refractivity contribution in [1.82, 2.24) is 14.9 Å². The summed E-state index contributed by atoms with van der Waals surface area (Å²) < 4.78 is 0. The SMILES string of the molecule is CN1C(=O)C=C[C@]2(C)C3CC[C@@]4(C)C(CC[C@@H]4CC(=O)Nc4cnccn4)C3CC[C@@H]12. The summed E-state index contributed by atoms with van der Waals surface area (Å²) in [6.45, 7) is 4.83. The van der Waals surface area contributed by atoms with Crippen molar-refractivity contribution in [2.45, 2.75) is 64.8 Å². The van der Waals surface area contributed by atoms with Crippen LogP contribution < -0.4 is 5.32 Å². The Morgan fingerprint density at radius 1 is 1.16 bits per heavy atom. The molecule has 1 aromatic rings. The quantitative estimate of drug-likeness (QED) is 0.797. The molecule has 166 valence electrons. The van der Waals surface area contributed by atoms with E-state index in [4.69, 9.17) is 0 Å². The van der Waals surface area contributed by atoms with Crippen LogP contribution in [0, 0.1) is 34.5 Å². The van der Waals surface area contributed by atoms with E-state index < -0.39 is 0 Å². The van der Waals surface area contributed by atoms with Gasteiger partial charge >= 0.3 is 0 Å². The third kappa shape index (κ3) is 3.21. The molecule has 31 heavy (non-hydrogen) atoms. The van der Waals surface area contributed by atoms with Gasteiger partial charge in [0.15, 0.2) is 5.82 Å². The molecule has 6 nitrogen and oxygen atoms in total. The third-order valence-electron chi connectivity index (χ3n) is 9.59. The molecule has 5 rings (SSSR count). The predicted molar refractivity (Wildman–Crippen MR) is 119 cm³/mol. The molecule has 2 amide bonds. The van der Waals surface area contributed by atoms with Crippen molar-refractivity contribution in [3.63, 3.8) is 0 Å². The van der Waals surface area contributed by atoms with E-state index in [1.54, 1.807) is 24.7 Å². The summed E-state index contributed by atoms with van der Waals surface area (Å²) in [5.74, 6) is 3.16. The van der Waals surface area contributed by atoms with Gasteiger partial charge in [-0.15, -0.1) is 0 Å². The van der Waals surface area contributed by atoms with Crippen molar-refractivity contribution < 1.29 is 9.59 Å². The first-order valence-corrected chi connectivity index (χ1v) is 11.8. The molecule has 3 aliphatic carbocycles. The summed E-state index contributed by atoms with van der Waals surface area (Å²) in [5, 5.41) is 2.93. The molecule has 3 saturated carbocycles. The van der Waals surface area contributed by atoms with Crippen LogP contribution in [0.4, 0.5) is 5.82 Å². The molecule has 7 atom stereocenters. The van der Waals surface area contributed by atoms with E-state index in [1.165, 1.54) is 25.7 Å². The van der Waals surface area contributed by atoms with Gasteiger partial charge in [0.25, 0.3) is 0 Å². The molecule has 1 aromatic heterocycles. The van der Waals surface area contributed by atoms with Gasteiger partial charge in [-0.3, -0.25) is 14.6 Å². The standard InChI is InChI=1S/C25H34N4O2/c1-24-10-8-19-17(5-7-20-25(19,2)11-9-23(31)29(20)3)18(24)6-4-16(24)14-22(30)28-21-15-26-12-13-27-21/h9,11-13,15-20H,4-8,10,14H2,1-3H3,(H,27,28,30)/t16-,17?,18?,19?,20-,24-,25-/m1/s1. The van der Waals surface area contributed by atoms with Gasteiger partial charge in [0.05, 0.1) is 6.20 Å². The second-order valence-corrected chi connectivity index (χ2v) is 10.8. The van der Waals surface area contributed by atoms with Gasteiger partial charge in [-0.2, -0.15) is 0 Å². The number of nitrogens with zero attached hydrogens (tertiary/aromatic N) is 3. The maximum atomic E-state index is 12.7. The van der Waals surface area contributed by atoms with Crippen LogP contribution in [0.15, 0.2) is 30.7 Å². The summed E-state index contributed by atoms with van der Waals surface area (Å²) in [5.41, 5.74) is 0.304. The highest BCUT2D eigenvalue weighted by atomic mass is 16.2. The monoisotopic (exact) mass is 422 g/mol. The van der Waals surface area contributed by atoms with Crippen molar-refractivity contribution in [3.05, 3.63) is 30.7 Å². The minimum Gasteiger partial charge on any atom is -0.338 e. The number of hydrogen-bond acceptors (Lipinski definition) is 4. The highest BCUT2D eigenvalue weighted by Gasteiger charge is 2.60. The van der Waals surface area contributed by atoms with Crippen LogP contribution in [0.3, 0.4) is 0 Å². The zero-order valence-corrected chi connectivity index (χ0v) is 18.9. The summed E-state index contributed by atoms with van der Waals surface area (Å²) in [6.07, 6.45) is 16.4. The fourth-order valence-corrected chi connectivity index (χ4v) is 7.96. The Morgan fingerprint density at radius 3 is 2.77 bits per heavy atom. The van der Waals surface area contributed by atoms with E-state index >= 15 is 0 Å². The molecule has 0 aromatic carbocycles. The molecule has 6 heteroatoms. The number of anilines is 1. The Balaban J connectivity index is 1.32. The van der Waals surface area contributed by atoms with E-state index in [0.717, 1.165) is 12.8 Å². The lowest BCUT2D eigenvalue weighted by Gasteiger charge is -2.60. The summed E-state index contributed by atoms with van der Waals surface area (Å²) in [7, 11) is 1.98. The minimum absolute atomic E-state index is 0.0560. The average Bonchev–Trinajstić information content (AvgIpc) is 3.08. The van der Waals surface area contributed by atoms with E-state index in [-0.39, 0.29) is 22.6 Å². The van der Waals surface area contributed by atoms with Crippen molar-refractivity contribution in [1.29, 1.82) is 0 Å². The lowest BCUT2D eigenvalue weighted by Crippen LogP contribution is -2.59. The molecule has 4 aliphatic rings. The van der Waals surface area contributed by atoms with Crippen molar-refractivity contribution in [3.8, 4) is 0 Å².